The maximum absolute atomic E-state index is 15.5. The van der Waals surface area contributed by atoms with Crippen LogP contribution < -0.4 is 16.2 Å². The number of aryl methyl sites for hydroxylation is 1. The van der Waals surface area contributed by atoms with Gasteiger partial charge in [-0.25, -0.2) is 9.18 Å². The average molecular weight is 467 g/mol. The lowest BCUT2D eigenvalue weighted by molar-refractivity contribution is 0.0286. The van der Waals surface area contributed by atoms with Crippen LogP contribution in [0.4, 0.5) is 10.1 Å². The Morgan fingerprint density at radius 2 is 2.03 bits per heavy atom. The Balaban J connectivity index is 1.52. The highest BCUT2D eigenvalue weighted by molar-refractivity contribution is 5.89. The van der Waals surface area contributed by atoms with Crippen molar-refractivity contribution in [2.24, 2.45) is 11.7 Å². The van der Waals surface area contributed by atoms with Gasteiger partial charge in [0.15, 0.2) is 5.82 Å². The first-order chi connectivity index (χ1) is 16.4. The fraction of sp³-hybridized carbons (Fsp3) is 0.400. The number of fused-ring (bicyclic) bond motifs is 1. The summed E-state index contributed by atoms with van der Waals surface area (Å²) < 4.78 is 22.8. The van der Waals surface area contributed by atoms with Crippen molar-refractivity contribution >= 4 is 17.2 Å². The van der Waals surface area contributed by atoms with Gasteiger partial charge in [0, 0.05) is 31.4 Å². The quantitative estimate of drug-likeness (QED) is 0.551. The second-order valence-corrected chi connectivity index (χ2v) is 9.17. The number of hydrogen-bond acceptors (Lipinski definition) is 6. The van der Waals surface area contributed by atoms with Crippen LogP contribution in [0.5, 0.6) is 0 Å². The van der Waals surface area contributed by atoms with E-state index >= 15 is 4.39 Å². The van der Waals surface area contributed by atoms with Crippen molar-refractivity contribution in [2.45, 2.75) is 38.4 Å². The Hall–Kier alpha value is -3.30. The molecule has 1 saturated heterocycles. The van der Waals surface area contributed by atoms with E-state index in [0.29, 0.717) is 43.0 Å². The lowest BCUT2D eigenvalue weighted by Crippen LogP contribution is -2.28. The Bertz CT molecular complexity index is 1310. The summed E-state index contributed by atoms with van der Waals surface area (Å²) in [6, 6.07) is 5.25. The van der Waals surface area contributed by atoms with Crippen LogP contribution in [0.1, 0.15) is 45.8 Å². The van der Waals surface area contributed by atoms with Crippen molar-refractivity contribution in [1.29, 1.82) is 0 Å². The molecule has 0 bridgehead atoms. The van der Waals surface area contributed by atoms with Crippen LogP contribution in [0.2, 0.25) is 0 Å². The van der Waals surface area contributed by atoms with Crippen molar-refractivity contribution in [3.63, 3.8) is 0 Å². The molecule has 9 heteroatoms. The molecule has 0 amide bonds. The van der Waals surface area contributed by atoms with Gasteiger partial charge in [-0.15, -0.1) is 0 Å². The number of anilines is 1. The molecule has 5 rings (SSSR count). The highest BCUT2D eigenvalue weighted by atomic mass is 19.1. The van der Waals surface area contributed by atoms with Crippen LogP contribution in [0.15, 0.2) is 41.6 Å². The van der Waals surface area contributed by atoms with Crippen molar-refractivity contribution in [2.75, 3.05) is 24.5 Å². The molecule has 8 nitrogen and oxygen atoms in total. The van der Waals surface area contributed by atoms with E-state index in [2.05, 4.69) is 4.98 Å². The van der Waals surface area contributed by atoms with Gasteiger partial charge in [-0.2, -0.15) is 0 Å². The van der Waals surface area contributed by atoms with Crippen LogP contribution in [0, 0.1) is 18.7 Å². The molecule has 1 saturated carbocycles. The van der Waals surface area contributed by atoms with E-state index in [1.165, 1.54) is 10.5 Å². The van der Waals surface area contributed by atoms with Gasteiger partial charge in [0.1, 0.15) is 5.56 Å². The molecule has 0 spiro atoms. The molecule has 2 fully saturated rings. The summed E-state index contributed by atoms with van der Waals surface area (Å²) in [6.45, 7) is 3.61. The van der Waals surface area contributed by atoms with Gasteiger partial charge in [-0.1, -0.05) is 0 Å². The van der Waals surface area contributed by atoms with Crippen LogP contribution >= 0.6 is 0 Å². The lowest BCUT2D eigenvalue weighted by atomic mass is 10.0. The topological polar surface area (TPSA) is 110 Å². The van der Waals surface area contributed by atoms with E-state index in [1.807, 2.05) is 17.0 Å². The summed E-state index contributed by atoms with van der Waals surface area (Å²) in [5, 5.41) is 9.49. The molecule has 3 N–H and O–H groups in total. The SMILES string of the molecule is Cc1c(N2CC(CN)C(OCc3ccncc3)C2)c(F)cn2c(=O)c(C(=O)O)cc(C3CC3)c12. The number of carboxylic acid groups (broad SMARTS) is 1. The molecule has 2 aliphatic rings. The average Bonchev–Trinajstić information content (AvgIpc) is 3.59. The number of hydrogen-bond donors (Lipinski definition) is 2. The Labute approximate surface area is 195 Å². The third kappa shape index (κ3) is 3.95. The van der Waals surface area contributed by atoms with E-state index in [9.17, 15) is 14.7 Å². The first kappa shape index (κ1) is 22.5. The molecule has 2 unspecified atom stereocenters. The fourth-order valence-corrected chi connectivity index (χ4v) is 5.01. The Morgan fingerprint density at radius 3 is 2.68 bits per heavy atom. The van der Waals surface area contributed by atoms with E-state index in [0.717, 1.165) is 30.2 Å². The number of carbonyl (C=O) groups is 1. The van der Waals surface area contributed by atoms with Gasteiger partial charge in [0.2, 0.25) is 0 Å². The third-order valence-electron chi connectivity index (χ3n) is 6.90. The number of rotatable bonds is 7. The van der Waals surface area contributed by atoms with Crippen LogP contribution in [0.3, 0.4) is 0 Å². The highest BCUT2D eigenvalue weighted by Gasteiger charge is 2.36. The zero-order chi connectivity index (χ0) is 24.0. The number of nitrogens with two attached hydrogens (primary N) is 1. The molecule has 3 aromatic rings. The summed E-state index contributed by atoms with van der Waals surface area (Å²) >= 11 is 0. The first-order valence-electron chi connectivity index (χ1n) is 11.5. The Kier molecular flexibility index (Phi) is 5.83. The van der Waals surface area contributed by atoms with Crippen molar-refractivity contribution < 1.29 is 19.0 Å². The van der Waals surface area contributed by atoms with Crippen LogP contribution in [-0.2, 0) is 11.3 Å². The lowest BCUT2D eigenvalue weighted by Gasteiger charge is -2.24. The smallest absolute Gasteiger partial charge is 0.341 e. The third-order valence-corrected chi connectivity index (χ3v) is 6.90. The summed E-state index contributed by atoms with van der Waals surface area (Å²) in [4.78, 5) is 30.4. The molecule has 0 radical (unpaired) electrons. The van der Waals surface area contributed by atoms with Gasteiger partial charge in [0.05, 0.1) is 30.1 Å². The molecule has 4 heterocycles. The summed E-state index contributed by atoms with van der Waals surface area (Å²) in [5.74, 6) is -1.67. The summed E-state index contributed by atoms with van der Waals surface area (Å²) in [5.41, 5.74) is 8.40. The zero-order valence-electron chi connectivity index (χ0n) is 18.9. The number of halogens is 1. The number of ether oxygens (including phenoxy) is 1. The van der Waals surface area contributed by atoms with Crippen LogP contribution in [0.25, 0.3) is 5.52 Å². The molecular formula is C25H27FN4O4. The second-order valence-electron chi connectivity index (χ2n) is 9.17. The van der Waals surface area contributed by atoms with Crippen molar-refractivity contribution in [3.05, 3.63) is 75.2 Å². The maximum atomic E-state index is 15.5. The number of aromatic carboxylic acids is 1. The van der Waals surface area contributed by atoms with Gasteiger partial charge in [0.25, 0.3) is 5.56 Å². The monoisotopic (exact) mass is 466 g/mol. The Morgan fingerprint density at radius 1 is 1.29 bits per heavy atom. The number of carboxylic acids is 1. The van der Waals surface area contributed by atoms with Crippen molar-refractivity contribution in [3.8, 4) is 0 Å². The van der Waals surface area contributed by atoms with E-state index < -0.39 is 17.3 Å². The molecule has 1 aliphatic carbocycles. The van der Waals surface area contributed by atoms with E-state index in [-0.39, 0.29) is 23.5 Å². The fourth-order valence-electron chi connectivity index (χ4n) is 5.01. The van der Waals surface area contributed by atoms with Gasteiger partial charge in [-0.3, -0.25) is 14.2 Å². The molecule has 3 aromatic heterocycles. The number of aromatic nitrogens is 2. The number of nitrogens with zero attached hydrogens (tertiary/aromatic N) is 3. The highest BCUT2D eigenvalue weighted by Crippen LogP contribution is 2.44. The molecular weight excluding hydrogens is 439 g/mol. The van der Waals surface area contributed by atoms with E-state index in [1.54, 1.807) is 19.3 Å². The number of pyridine rings is 3. The van der Waals surface area contributed by atoms with Gasteiger partial charge >= 0.3 is 5.97 Å². The van der Waals surface area contributed by atoms with Crippen LogP contribution in [-0.4, -0.2) is 46.2 Å². The molecule has 2 atom stereocenters. The molecule has 178 valence electrons. The predicted octanol–water partition coefficient (Wildman–Crippen LogP) is 2.70. The van der Waals surface area contributed by atoms with Gasteiger partial charge in [-0.05, 0) is 67.1 Å². The molecule has 0 aromatic carbocycles. The normalized spacial score (nSPS) is 20.3. The van der Waals surface area contributed by atoms with Gasteiger partial charge < -0.3 is 20.5 Å². The van der Waals surface area contributed by atoms with Crippen molar-refractivity contribution in [1.82, 2.24) is 9.38 Å². The zero-order valence-corrected chi connectivity index (χ0v) is 18.9. The largest absolute Gasteiger partial charge is 0.477 e. The minimum atomic E-state index is -1.30. The predicted molar refractivity (Wildman–Crippen MR) is 125 cm³/mol. The first-order valence-corrected chi connectivity index (χ1v) is 11.5. The maximum Gasteiger partial charge on any atom is 0.341 e. The summed E-state index contributed by atoms with van der Waals surface area (Å²) in [7, 11) is 0. The molecule has 1 aliphatic heterocycles. The summed E-state index contributed by atoms with van der Waals surface area (Å²) in [6.07, 6.45) is 6.21. The molecule has 34 heavy (non-hydrogen) atoms. The van der Waals surface area contributed by atoms with E-state index in [4.69, 9.17) is 10.5 Å². The minimum absolute atomic E-state index is 0.0244. The standard InChI is InChI=1S/C25H27FN4O4/c1-14-22-18(16-2-3-16)8-19(25(32)33)24(31)30(22)11-20(26)23(14)29-10-17(9-27)21(12-29)34-13-15-4-6-28-7-5-15/h4-8,11,16-17,21H,2-3,9-10,12-13,27H2,1H3,(H,32,33). The second kappa shape index (κ2) is 8.81. The minimum Gasteiger partial charge on any atom is -0.477 e.